The molecule has 0 saturated carbocycles. The first-order chi connectivity index (χ1) is 10.0. The van der Waals surface area contributed by atoms with Crippen LogP contribution in [-0.4, -0.2) is 12.1 Å². The van der Waals surface area contributed by atoms with Gasteiger partial charge in [0.2, 0.25) is 0 Å². The van der Waals surface area contributed by atoms with E-state index in [1.165, 1.54) is 0 Å². The number of hydrogen-bond donors (Lipinski definition) is 1. The molecule has 2 aromatic rings. The van der Waals surface area contributed by atoms with Gasteiger partial charge in [-0.3, -0.25) is 0 Å². The highest BCUT2D eigenvalue weighted by Crippen LogP contribution is 2.27. The monoisotopic (exact) mass is 429 g/mol. The number of halogens is 2. The Morgan fingerprint density at radius 1 is 1.14 bits per heavy atom. The van der Waals surface area contributed by atoms with Crippen LogP contribution in [0.15, 0.2) is 45.3 Å². The molecule has 21 heavy (non-hydrogen) atoms. The average molecular weight is 431 g/mol. The molecule has 0 atom stereocenters. The minimum Gasteiger partial charge on any atom is -0.496 e. The lowest BCUT2D eigenvalue weighted by atomic mass is 10.2. The third kappa shape index (κ3) is 4.18. The van der Waals surface area contributed by atoms with Crippen LogP contribution in [0.2, 0.25) is 0 Å². The van der Waals surface area contributed by atoms with Gasteiger partial charge in [-0.05, 0) is 51.8 Å². The molecule has 0 aliphatic heterocycles. The van der Waals surface area contributed by atoms with Crippen molar-refractivity contribution in [2.24, 2.45) is 5.73 Å². The van der Waals surface area contributed by atoms with E-state index in [0.717, 1.165) is 20.3 Å². The van der Waals surface area contributed by atoms with E-state index in [4.69, 9.17) is 27.4 Å². The molecule has 110 valence electrons. The molecule has 0 spiro atoms. The lowest BCUT2D eigenvalue weighted by molar-refractivity contribution is 0.305. The Labute approximate surface area is 145 Å². The predicted molar refractivity (Wildman–Crippen MR) is 95.1 cm³/mol. The maximum atomic E-state index is 5.82. The van der Waals surface area contributed by atoms with Crippen LogP contribution in [0.4, 0.5) is 0 Å². The fourth-order valence-corrected chi connectivity index (χ4v) is 2.89. The second-order valence-corrected chi connectivity index (χ2v) is 6.47. The van der Waals surface area contributed by atoms with Gasteiger partial charge >= 0.3 is 0 Å². The first-order valence-corrected chi connectivity index (χ1v) is 8.05. The van der Waals surface area contributed by atoms with Crippen molar-refractivity contribution in [1.82, 2.24) is 0 Å². The van der Waals surface area contributed by atoms with Crippen LogP contribution < -0.4 is 15.2 Å². The third-order valence-electron chi connectivity index (χ3n) is 2.82. The van der Waals surface area contributed by atoms with E-state index in [9.17, 15) is 0 Å². The van der Waals surface area contributed by atoms with Crippen molar-refractivity contribution in [3.63, 3.8) is 0 Å². The highest BCUT2D eigenvalue weighted by molar-refractivity contribution is 9.10. The highest BCUT2D eigenvalue weighted by Gasteiger charge is 2.08. The van der Waals surface area contributed by atoms with Crippen LogP contribution in [0.1, 0.15) is 11.1 Å². The summed E-state index contributed by atoms with van der Waals surface area (Å²) in [7, 11) is 1.63. The Morgan fingerprint density at radius 3 is 2.48 bits per heavy atom. The van der Waals surface area contributed by atoms with Crippen LogP contribution in [0.3, 0.4) is 0 Å². The van der Waals surface area contributed by atoms with Crippen LogP contribution >= 0.6 is 44.1 Å². The van der Waals surface area contributed by atoms with Crippen molar-refractivity contribution in [3.05, 3.63) is 56.5 Å². The number of hydrogen-bond acceptors (Lipinski definition) is 3. The van der Waals surface area contributed by atoms with Crippen LogP contribution in [0.25, 0.3) is 0 Å². The zero-order chi connectivity index (χ0) is 15.4. The lowest BCUT2D eigenvalue weighted by Crippen LogP contribution is -2.11. The van der Waals surface area contributed by atoms with Crippen molar-refractivity contribution in [1.29, 1.82) is 0 Å². The molecule has 0 fully saturated rings. The Bertz CT molecular complexity index is 677. The van der Waals surface area contributed by atoms with Gasteiger partial charge in [0.25, 0.3) is 0 Å². The highest BCUT2D eigenvalue weighted by atomic mass is 79.9. The molecule has 0 saturated heterocycles. The third-order valence-corrected chi connectivity index (χ3v) is 4.15. The zero-order valence-corrected chi connectivity index (χ0v) is 15.2. The molecule has 0 amide bonds. The number of ether oxygens (including phenoxy) is 2. The standard InChI is InChI=1S/C15H13Br2NO2S/c1-19-14-4-2-9(6-12(14)17)8-20-13-5-3-10(16)7-11(13)15(18)21/h2-7H,8H2,1H3,(H2,18,21). The number of thiocarbonyl (C=S) groups is 1. The number of methoxy groups -OCH3 is 1. The molecule has 6 heteroatoms. The number of nitrogens with two attached hydrogens (primary N) is 1. The maximum absolute atomic E-state index is 5.82. The van der Waals surface area contributed by atoms with Crippen molar-refractivity contribution >= 4 is 49.1 Å². The minimum atomic E-state index is 0.308. The van der Waals surface area contributed by atoms with Gasteiger partial charge in [-0.2, -0.15) is 0 Å². The van der Waals surface area contributed by atoms with E-state index in [1.807, 2.05) is 36.4 Å². The summed E-state index contributed by atoms with van der Waals surface area (Å²) >= 11 is 11.9. The summed E-state index contributed by atoms with van der Waals surface area (Å²) < 4.78 is 12.8. The molecule has 0 unspecified atom stereocenters. The van der Waals surface area contributed by atoms with Crippen LogP contribution in [0.5, 0.6) is 11.5 Å². The first-order valence-electron chi connectivity index (χ1n) is 6.06. The predicted octanol–water partition coefficient (Wildman–Crippen LogP) is 4.43. The van der Waals surface area contributed by atoms with E-state index in [-0.39, 0.29) is 0 Å². The SMILES string of the molecule is COc1ccc(COc2ccc(Br)cc2C(N)=S)cc1Br. The van der Waals surface area contributed by atoms with Gasteiger partial charge in [-0.25, -0.2) is 0 Å². The molecule has 0 aliphatic rings. The molecule has 2 N–H and O–H groups in total. The largest absolute Gasteiger partial charge is 0.496 e. The molecule has 2 aromatic carbocycles. The summed E-state index contributed by atoms with van der Waals surface area (Å²) in [4.78, 5) is 0.308. The summed E-state index contributed by atoms with van der Waals surface area (Å²) in [5.41, 5.74) is 7.45. The Hall–Kier alpha value is -1.11. The van der Waals surface area contributed by atoms with Gasteiger partial charge in [-0.1, -0.05) is 34.2 Å². The minimum absolute atomic E-state index is 0.308. The van der Waals surface area contributed by atoms with Crippen LogP contribution in [0, 0.1) is 0 Å². The summed E-state index contributed by atoms with van der Waals surface area (Å²) in [6.45, 7) is 0.417. The van der Waals surface area contributed by atoms with Gasteiger partial charge in [-0.15, -0.1) is 0 Å². The second-order valence-electron chi connectivity index (χ2n) is 4.26. The van der Waals surface area contributed by atoms with E-state index < -0.39 is 0 Å². The molecule has 0 radical (unpaired) electrons. The topological polar surface area (TPSA) is 44.5 Å². The van der Waals surface area contributed by atoms with Crippen molar-refractivity contribution in [2.75, 3.05) is 7.11 Å². The molecule has 0 aromatic heterocycles. The summed E-state index contributed by atoms with van der Waals surface area (Å²) in [5, 5.41) is 0. The number of rotatable bonds is 5. The lowest BCUT2D eigenvalue weighted by Gasteiger charge is -2.12. The van der Waals surface area contributed by atoms with E-state index in [2.05, 4.69) is 31.9 Å². The normalized spacial score (nSPS) is 10.2. The first kappa shape index (κ1) is 16.3. The Kier molecular flexibility index (Phi) is 5.61. The molecular weight excluding hydrogens is 418 g/mol. The van der Waals surface area contributed by atoms with Gasteiger partial charge in [0, 0.05) is 4.47 Å². The van der Waals surface area contributed by atoms with Crippen molar-refractivity contribution in [3.8, 4) is 11.5 Å². The van der Waals surface area contributed by atoms with Gasteiger partial charge in [0.1, 0.15) is 23.1 Å². The molecule has 0 bridgehead atoms. The summed E-state index contributed by atoms with van der Waals surface area (Å²) in [6.07, 6.45) is 0. The molecular formula is C15H13Br2NO2S. The second kappa shape index (κ2) is 7.24. The van der Waals surface area contributed by atoms with Crippen LogP contribution in [-0.2, 0) is 6.61 Å². The quantitative estimate of drug-likeness (QED) is 0.712. The zero-order valence-electron chi connectivity index (χ0n) is 11.2. The molecule has 0 heterocycles. The average Bonchev–Trinajstić information content (AvgIpc) is 2.46. The fraction of sp³-hybridized carbons (Fsp3) is 0.133. The summed E-state index contributed by atoms with van der Waals surface area (Å²) in [6, 6.07) is 11.4. The van der Waals surface area contributed by atoms with Gasteiger partial charge in [0.05, 0.1) is 17.1 Å². The van der Waals surface area contributed by atoms with E-state index in [0.29, 0.717) is 22.9 Å². The van der Waals surface area contributed by atoms with E-state index in [1.54, 1.807) is 7.11 Å². The molecule has 3 nitrogen and oxygen atoms in total. The van der Waals surface area contributed by atoms with Crippen molar-refractivity contribution < 1.29 is 9.47 Å². The Morgan fingerprint density at radius 2 is 1.86 bits per heavy atom. The smallest absolute Gasteiger partial charge is 0.133 e. The fourth-order valence-electron chi connectivity index (χ4n) is 1.78. The van der Waals surface area contributed by atoms with Crippen molar-refractivity contribution in [2.45, 2.75) is 6.61 Å². The Balaban J connectivity index is 2.16. The molecule has 2 rings (SSSR count). The number of benzene rings is 2. The molecule has 0 aliphatic carbocycles. The van der Waals surface area contributed by atoms with E-state index >= 15 is 0 Å². The maximum Gasteiger partial charge on any atom is 0.133 e. The van der Waals surface area contributed by atoms with Gasteiger partial charge in [0.15, 0.2) is 0 Å². The van der Waals surface area contributed by atoms with Gasteiger partial charge < -0.3 is 15.2 Å². The summed E-state index contributed by atoms with van der Waals surface area (Å²) in [5.74, 6) is 1.45.